The van der Waals surface area contributed by atoms with E-state index in [0.29, 0.717) is 19.0 Å². The lowest BCUT2D eigenvalue weighted by atomic mass is 10.2. The van der Waals surface area contributed by atoms with Gasteiger partial charge in [-0.2, -0.15) is 0 Å². The predicted octanol–water partition coefficient (Wildman–Crippen LogP) is 2.26. The molecule has 0 spiro atoms. The van der Waals surface area contributed by atoms with Crippen LogP contribution in [-0.4, -0.2) is 29.6 Å². The summed E-state index contributed by atoms with van der Waals surface area (Å²) in [5, 5.41) is 6.10. The van der Waals surface area contributed by atoms with E-state index in [1.54, 1.807) is 6.20 Å². The summed E-state index contributed by atoms with van der Waals surface area (Å²) in [5.74, 6) is 0.644. The summed E-state index contributed by atoms with van der Waals surface area (Å²) in [4.78, 5) is 16.0. The second-order valence-electron chi connectivity index (χ2n) is 5.50. The maximum atomic E-state index is 11.8. The summed E-state index contributed by atoms with van der Waals surface area (Å²) < 4.78 is 5.65. The zero-order chi connectivity index (χ0) is 15.7. The molecule has 0 aliphatic heterocycles. The summed E-state index contributed by atoms with van der Waals surface area (Å²) >= 11 is 0. The molecule has 0 aromatic carbocycles. The molecule has 1 amide bonds. The highest BCUT2D eigenvalue weighted by Crippen LogP contribution is 2.15. The third-order valence-corrected chi connectivity index (χ3v) is 2.93. The predicted molar refractivity (Wildman–Crippen MR) is 84.2 cm³/mol. The van der Waals surface area contributed by atoms with Gasteiger partial charge < -0.3 is 15.4 Å². The molecule has 0 aliphatic carbocycles. The highest BCUT2D eigenvalue weighted by molar-refractivity contribution is 5.78. The first-order chi connectivity index (χ1) is 10.0. The normalized spacial score (nSPS) is 12.2. The first-order valence-corrected chi connectivity index (χ1v) is 7.63. The van der Waals surface area contributed by atoms with Crippen molar-refractivity contribution < 1.29 is 9.53 Å². The van der Waals surface area contributed by atoms with E-state index in [2.05, 4.69) is 22.5 Å². The third kappa shape index (κ3) is 7.09. The van der Waals surface area contributed by atoms with Gasteiger partial charge in [-0.3, -0.25) is 4.79 Å². The number of nitrogens with one attached hydrogen (secondary N) is 2. The van der Waals surface area contributed by atoms with Gasteiger partial charge in [-0.25, -0.2) is 4.98 Å². The summed E-state index contributed by atoms with van der Waals surface area (Å²) in [6.45, 7) is 8.93. The quantitative estimate of drug-likeness (QED) is 0.733. The van der Waals surface area contributed by atoms with Gasteiger partial charge in [0.05, 0.1) is 12.6 Å². The highest BCUT2D eigenvalue weighted by atomic mass is 16.5. The van der Waals surface area contributed by atoms with E-state index in [9.17, 15) is 4.79 Å². The number of amides is 1. The second kappa shape index (κ2) is 9.34. The van der Waals surface area contributed by atoms with E-state index in [0.717, 1.165) is 18.4 Å². The Morgan fingerprint density at radius 1 is 1.38 bits per heavy atom. The Kier molecular flexibility index (Phi) is 7.75. The van der Waals surface area contributed by atoms with E-state index in [1.807, 2.05) is 32.9 Å². The Hall–Kier alpha value is -1.62. The van der Waals surface area contributed by atoms with Gasteiger partial charge in [-0.1, -0.05) is 19.4 Å². The van der Waals surface area contributed by atoms with Crippen LogP contribution in [0, 0.1) is 0 Å². The maximum absolute atomic E-state index is 11.8. The van der Waals surface area contributed by atoms with Crippen LogP contribution in [0.2, 0.25) is 0 Å². The summed E-state index contributed by atoms with van der Waals surface area (Å²) in [6.07, 6.45) is 3.86. The zero-order valence-corrected chi connectivity index (χ0v) is 13.5. The van der Waals surface area contributed by atoms with E-state index in [1.165, 1.54) is 0 Å². The molecule has 0 fully saturated rings. The van der Waals surface area contributed by atoms with Crippen LogP contribution < -0.4 is 15.4 Å². The lowest BCUT2D eigenvalue weighted by Gasteiger charge is -2.15. The van der Waals surface area contributed by atoms with Gasteiger partial charge >= 0.3 is 0 Å². The van der Waals surface area contributed by atoms with E-state index in [4.69, 9.17) is 4.74 Å². The minimum Gasteiger partial charge on any atom is -0.475 e. The number of carbonyl (C=O) groups is 1. The molecule has 2 N–H and O–H groups in total. The average Bonchev–Trinajstić information content (AvgIpc) is 2.40. The first kappa shape index (κ1) is 17.4. The van der Waals surface area contributed by atoms with Gasteiger partial charge in [0.15, 0.2) is 0 Å². The van der Waals surface area contributed by atoms with Crippen molar-refractivity contribution in [3.8, 4) is 5.88 Å². The molecule has 1 aromatic heterocycles. The van der Waals surface area contributed by atoms with Crippen molar-refractivity contribution in [2.75, 3.05) is 6.54 Å². The lowest BCUT2D eigenvalue weighted by Crippen LogP contribution is -2.38. The van der Waals surface area contributed by atoms with Crippen molar-refractivity contribution in [1.29, 1.82) is 0 Å². The van der Waals surface area contributed by atoms with E-state index >= 15 is 0 Å². The number of pyridine rings is 1. The smallest absolute Gasteiger partial charge is 0.234 e. The standard InChI is InChI=1S/C16H27N3O2/c1-5-7-13(4)19-15(20)11-17-10-14-8-6-9-18-16(14)21-12(2)3/h6,8-9,12-13,17H,5,7,10-11H2,1-4H3,(H,19,20). The van der Waals surface area contributed by atoms with Gasteiger partial charge in [0.1, 0.15) is 0 Å². The monoisotopic (exact) mass is 293 g/mol. The molecule has 5 heteroatoms. The zero-order valence-electron chi connectivity index (χ0n) is 13.5. The molecule has 0 bridgehead atoms. The molecule has 118 valence electrons. The minimum absolute atomic E-state index is 0.0196. The molecule has 0 saturated carbocycles. The molecular weight excluding hydrogens is 266 g/mol. The van der Waals surface area contributed by atoms with Crippen molar-refractivity contribution >= 4 is 5.91 Å². The van der Waals surface area contributed by atoms with Gasteiger partial charge in [-0.15, -0.1) is 0 Å². The maximum Gasteiger partial charge on any atom is 0.234 e. The summed E-state index contributed by atoms with van der Waals surface area (Å²) in [6, 6.07) is 4.05. The van der Waals surface area contributed by atoms with Crippen LogP contribution in [0.1, 0.15) is 46.1 Å². The van der Waals surface area contributed by atoms with E-state index in [-0.39, 0.29) is 18.1 Å². The molecule has 1 atom stereocenters. The molecule has 21 heavy (non-hydrogen) atoms. The fraction of sp³-hybridized carbons (Fsp3) is 0.625. The minimum atomic E-state index is 0.0196. The molecular formula is C16H27N3O2. The van der Waals surface area contributed by atoms with Gasteiger partial charge in [0.25, 0.3) is 0 Å². The molecule has 1 heterocycles. The molecule has 1 rings (SSSR count). The van der Waals surface area contributed by atoms with Crippen LogP contribution >= 0.6 is 0 Å². The molecule has 1 unspecified atom stereocenters. The van der Waals surface area contributed by atoms with Crippen molar-refractivity contribution in [3.05, 3.63) is 23.9 Å². The van der Waals surface area contributed by atoms with Crippen LogP contribution in [0.4, 0.5) is 0 Å². The Bertz CT molecular complexity index is 435. The van der Waals surface area contributed by atoms with Gasteiger partial charge in [0, 0.05) is 24.3 Å². The largest absolute Gasteiger partial charge is 0.475 e. The fourth-order valence-corrected chi connectivity index (χ4v) is 2.03. The number of ether oxygens (including phenoxy) is 1. The molecule has 0 radical (unpaired) electrons. The lowest BCUT2D eigenvalue weighted by molar-refractivity contribution is -0.120. The van der Waals surface area contributed by atoms with Crippen LogP contribution in [0.3, 0.4) is 0 Å². The number of carbonyl (C=O) groups excluding carboxylic acids is 1. The molecule has 5 nitrogen and oxygen atoms in total. The molecule has 1 aromatic rings. The number of nitrogens with zero attached hydrogens (tertiary/aromatic N) is 1. The molecule has 0 aliphatic rings. The Morgan fingerprint density at radius 3 is 2.81 bits per heavy atom. The van der Waals surface area contributed by atoms with Crippen molar-refractivity contribution in [2.45, 2.75) is 59.2 Å². The number of rotatable bonds is 9. The SMILES string of the molecule is CCCC(C)NC(=O)CNCc1cccnc1OC(C)C. The topological polar surface area (TPSA) is 63.2 Å². The average molecular weight is 293 g/mol. The van der Waals surface area contributed by atoms with Crippen LogP contribution in [0.5, 0.6) is 5.88 Å². The molecule has 0 saturated heterocycles. The highest BCUT2D eigenvalue weighted by Gasteiger charge is 2.09. The van der Waals surface area contributed by atoms with Gasteiger partial charge in [-0.05, 0) is 33.3 Å². The fourth-order valence-electron chi connectivity index (χ4n) is 2.03. The Balaban J connectivity index is 2.40. The van der Waals surface area contributed by atoms with Crippen LogP contribution in [0.15, 0.2) is 18.3 Å². The number of hydrogen-bond acceptors (Lipinski definition) is 4. The van der Waals surface area contributed by atoms with Crippen molar-refractivity contribution in [3.63, 3.8) is 0 Å². The van der Waals surface area contributed by atoms with Crippen molar-refractivity contribution in [2.24, 2.45) is 0 Å². The first-order valence-electron chi connectivity index (χ1n) is 7.63. The van der Waals surface area contributed by atoms with E-state index < -0.39 is 0 Å². The van der Waals surface area contributed by atoms with Gasteiger partial charge in [0.2, 0.25) is 11.8 Å². The van der Waals surface area contributed by atoms with Crippen LogP contribution in [0.25, 0.3) is 0 Å². The third-order valence-electron chi connectivity index (χ3n) is 2.93. The number of hydrogen-bond donors (Lipinski definition) is 2. The second-order valence-corrected chi connectivity index (χ2v) is 5.50. The summed E-state index contributed by atoms with van der Waals surface area (Å²) in [5.41, 5.74) is 0.959. The van der Waals surface area contributed by atoms with Crippen LogP contribution in [-0.2, 0) is 11.3 Å². The number of aromatic nitrogens is 1. The Labute approximate surface area is 127 Å². The Morgan fingerprint density at radius 2 is 2.14 bits per heavy atom. The summed E-state index contributed by atoms with van der Waals surface area (Å²) in [7, 11) is 0. The van der Waals surface area contributed by atoms with Crippen molar-refractivity contribution in [1.82, 2.24) is 15.6 Å².